The lowest BCUT2D eigenvalue weighted by atomic mass is 10.0. The number of thioether (sulfide) groups is 1. The number of benzene rings is 1. The summed E-state index contributed by atoms with van der Waals surface area (Å²) in [5.41, 5.74) is 1.58. The first-order chi connectivity index (χ1) is 13.5. The number of hydrogen-bond donors (Lipinski definition) is 2. The quantitative estimate of drug-likeness (QED) is 0.411. The molecule has 6 heteroatoms. The Hall–Kier alpha value is -1.37. The van der Waals surface area contributed by atoms with E-state index in [0.29, 0.717) is 31.4 Å². The summed E-state index contributed by atoms with van der Waals surface area (Å²) in [5.74, 6) is 1.86. The molecule has 1 heterocycles. The van der Waals surface area contributed by atoms with Crippen LogP contribution in [0.4, 0.5) is 4.39 Å². The fourth-order valence-electron chi connectivity index (χ4n) is 3.42. The smallest absolute Gasteiger partial charge is 0.223 e. The van der Waals surface area contributed by atoms with Crippen LogP contribution in [0.2, 0.25) is 0 Å². The number of nitrogens with zero attached hydrogens (tertiary/aromatic N) is 1. The first kappa shape index (κ1) is 22.9. The Balaban J connectivity index is 1.82. The second kappa shape index (κ2) is 12.2. The van der Waals surface area contributed by atoms with E-state index in [1.54, 1.807) is 23.9 Å². The maximum absolute atomic E-state index is 13.6. The van der Waals surface area contributed by atoms with Crippen molar-refractivity contribution in [3.8, 4) is 0 Å². The van der Waals surface area contributed by atoms with Crippen LogP contribution in [0, 0.1) is 5.82 Å². The molecule has 1 aliphatic heterocycles. The van der Waals surface area contributed by atoms with Crippen molar-refractivity contribution in [1.29, 1.82) is 0 Å². The minimum absolute atomic E-state index is 0.0413. The Kier molecular flexibility index (Phi) is 10.0. The number of unbranched alkanes of at least 4 members (excludes halogenated alkanes) is 1. The predicted octanol–water partition coefficient (Wildman–Crippen LogP) is 3.34. The van der Waals surface area contributed by atoms with E-state index in [2.05, 4.69) is 0 Å². The number of aliphatic hydroxyl groups excluding tert-OH is 2. The van der Waals surface area contributed by atoms with Gasteiger partial charge in [0.25, 0.3) is 0 Å². The van der Waals surface area contributed by atoms with Gasteiger partial charge in [-0.1, -0.05) is 31.2 Å². The van der Waals surface area contributed by atoms with Gasteiger partial charge in [-0.25, -0.2) is 4.39 Å². The molecular formula is C22H32FNO3S. The van der Waals surface area contributed by atoms with Gasteiger partial charge >= 0.3 is 0 Å². The number of aryl methyl sites for hydroxylation is 1. The fraction of sp³-hybridized carbons (Fsp3) is 0.591. The van der Waals surface area contributed by atoms with Crippen molar-refractivity contribution in [2.75, 3.05) is 24.7 Å². The van der Waals surface area contributed by atoms with Crippen molar-refractivity contribution < 1.29 is 19.4 Å². The number of rotatable bonds is 12. The number of carbonyl (C=O) groups excluding carboxylic acids is 1. The van der Waals surface area contributed by atoms with Crippen molar-refractivity contribution in [2.24, 2.45) is 0 Å². The van der Waals surface area contributed by atoms with Gasteiger partial charge in [-0.3, -0.25) is 4.79 Å². The SMILES string of the molecule is CCc1cc(C[C@H](O)C=C[C@H]2CCC(=O)N2CCSCCCCO)ccc1F. The van der Waals surface area contributed by atoms with Gasteiger partial charge in [-0.05, 0) is 48.6 Å². The number of likely N-dealkylation sites (tertiary alicyclic amines) is 1. The van der Waals surface area contributed by atoms with Crippen molar-refractivity contribution in [1.82, 2.24) is 4.90 Å². The van der Waals surface area contributed by atoms with E-state index in [9.17, 15) is 14.3 Å². The summed E-state index contributed by atoms with van der Waals surface area (Å²) in [6, 6.07) is 5.02. The van der Waals surface area contributed by atoms with Crippen LogP contribution in [0.25, 0.3) is 0 Å². The first-order valence-electron chi connectivity index (χ1n) is 10.2. The van der Waals surface area contributed by atoms with Crippen LogP contribution in [0.5, 0.6) is 0 Å². The average molecular weight is 410 g/mol. The van der Waals surface area contributed by atoms with Gasteiger partial charge in [-0.2, -0.15) is 11.8 Å². The fourth-order valence-corrected chi connectivity index (χ4v) is 4.36. The molecule has 4 nitrogen and oxygen atoms in total. The van der Waals surface area contributed by atoms with E-state index < -0.39 is 6.10 Å². The molecule has 2 N–H and O–H groups in total. The Morgan fingerprint density at radius 2 is 2.18 bits per heavy atom. The molecule has 1 saturated heterocycles. The molecular weight excluding hydrogens is 377 g/mol. The van der Waals surface area contributed by atoms with Gasteiger partial charge in [0.05, 0.1) is 12.1 Å². The van der Waals surface area contributed by atoms with Crippen LogP contribution in [0.3, 0.4) is 0 Å². The highest BCUT2D eigenvalue weighted by atomic mass is 32.2. The summed E-state index contributed by atoms with van der Waals surface area (Å²) >= 11 is 1.81. The van der Waals surface area contributed by atoms with E-state index in [0.717, 1.165) is 36.3 Å². The Morgan fingerprint density at radius 3 is 2.93 bits per heavy atom. The Bertz CT molecular complexity index is 653. The molecule has 0 aliphatic carbocycles. The number of carbonyl (C=O) groups is 1. The maximum atomic E-state index is 13.6. The largest absolute Gasteiger partial charge is 0.396 e. The summed E-state index contributed by atoms with van der Waals surface area (Å²) in [6.45, 7) is 2.86. The van der Waals surface area contributed by atoms with E-state index in [-0.39, 0.29) is 24.4 Å². The van der Waals surface area contributed by atoms with Gasteiger partial charge in [0.2, 0.25) is 5.91 Å². The average Bonchev–Trinajstić information content (AvgIpc) is 3.04. The van der Waals surface area contributed by atoms with Crippen molar-refractivity contribution in [2.45, 2.75) is 57.6 Å². The molecule has 1 aromatic carbocycles. The van der Waals surface area contributed by atoms with E-state index >= 15 is 0 Å². The van der Waals surface area contributed by atoms with Gasteiger partial charge in [0.15, 0.2) is 0 Å². The third-order valence-corrected chi connectivity index (χ3v) is 6.09. The monoisotopic (exact) mass is 409 g/mol. The molecule has 0 aromatic heterocycles. The summed E-state index contributed by atoms with van der Waals surface area (Å²) in [5, 5.41) is 19.1. The highest BCUT2D eigenvalue weighted by Crippen LogP contribution is 2.21. The molecule has 0 bridgehead atoms. The maximum Gasteiger partial charge on any atom is 0.223 e. The van der Waals surface area contributed by atoms with Gasteiger partial charge in [0, 0.05) is 31.7 Å². The lowest BCUT2D eigenvalue weighted by molar-refractivity contribution is -0.128. The molecule has 2 atom stereocenters. The minimum atomic E-state index is -0.652. The van der Waals surface area contributed by atoms with Crippen LogP contribution in [-0.2, 0) is 17.6 Å². The second-order valence-electron chi connectivity index (χ2n) is 7.17. The lowest BCUT2D eigenvalue weighted by Crippen LogP contribution is -2.34. The molecule has 2 rings (SSSR count). The van der Waals surface area contributed by atoms with Crippen LogP contribution < -0.4 is 0 Å². The normalized spacial score (nSPS) is 18.4. The van der Waals surface area contributed by atoms with Crippen LogP contribution in [0.15, 0.2) is 30.4 Å². The summed E-state index contributed by atoms with van der Waals surface area (Å²) < 4.78 is 13.6. The predicted molar refractivity (Wildman–Crippen MR) is 113 cm³/mol. The van der Waals surface area contributed by atoms with Crippen molar-refractivity contribution >= 4 is 17.7 Å². The second-order valence-corrected chi connectivity index (χ2v) is 8.40. The van der Waals surface area contributed by atoms with E-state index in [4.69, 9.17) is 5.11 Å². The number of hydrogen-bond acceptors (Lipinski definition) is 4. The molecule has 0 unspecified atom stereocenters. The van der Waals surface area contributed by atoms with E-state index in [1.165, 1.54) is 6.07 Å². The van der Waals surface area contributed by atoms with Gasteiger partial charge < -0.3 is 15.1 Å². The van der Waals surface area contributed by atoms with Crippen LogP contribution in [0.1, 0.15) is 43.7 Å². The van der Waals surface area contributed by atoms with E-state index in [1.807, 2.05) is 24.0 Å². The summed E-state index contributed by atoms with van der Waals surface area (Å²) in [7, 11) is 0. The number of halogens is 1. The molecule has 156 valence electrons. The summed E-state index contributed by atoms with van der Waals surface area (Å²) in [4.78, 5) is 14.0. The summed E-state index contributed by atoms with van der Waals surface area (Å²) in [6.07, 6.45) is 7.27. The molecule has 0 saturated carbocycles. The standard InChI is InChI=1S/C22H32FNO3S/c1-2-18-15-17(5-9-21(18)23)16-20(26)8-6-19-7-10-22(27)24(19)11-14-28-13-4-3-12-25/h5-6,8-9,15,19-20,25-26H,2-4,7,10-14,16H2,1H3/t19-,20+/m0/s1. The molecule has 28 heavy (non-hydrogen) atoms. The first-order valence-corrected chi connectivity index (χ1v) is 11.3. The zero-order valence-corrected chi connectivity index (χ0v) is 17.5. The Morgan fingerprint density at radius 1 is 1.36 bits per heavy atom. The highest BCUT2D eigenvalue weighted by molar-refractivity contribution is 7.99. The number of aliphatic hydroxyl groups is 2. The molecule has 0 radical (unpaired) electrons. The molecule has 0 spiro atoms. The van der Waals surface area contributed by atoms with Crippen molar-refractivity contribution in [3.63, 3.8) is 0 Å². The van der Waals surface area contributed by atoms with Crippen LogP contribution >= 0.6 is 11.8 Å². The number of amides is 1. The molecule has 1 fully saturated rings. The Labute approximate surface area is 171 Å². The van der Waals surface area contributed by atoms with Crippen molar-refractivity contribution in [3.05, 3.63) is 47.3 Å². The molecule has 1 amide bonds. The molecule has 1 aliphatic rings. The third kappa shape index (κ3) is 7.22. The third-order valence-electron chi connectivity index (χ3n) is 5.04. The van der Waals surface area contributed by atoms with Crippen LogP contribution in [-0.4, -0.2) is 57.8 Å². The zero-order valence-electron chi connectivity index (χ0n) is 16.6. The van der Waals surface area contributed by atoms with Gasteiger partial charge in [0.1, 0.15) is 5.82 Å². The topological polar surface area (TPSA) is 60.8 Å². The zero-order chi connectivity index (χ0) is 20.4. The van der Waals surface area contributed by atoms with Gasteiger partial charge in [-0.15, -0.1) is 0 Å². The minimum Gasteiger partial charge on any atom is -0.396 e. The highest BCUT2D eigenvalue weighted by Gasteiger charge is 2.28. The molecule has 1 aromatic rings. The lowest BCUT2D eigenvalue weighted by Gasteiger charge is -2.22.